The highest BCUT2D eigenvalue weighted by Crippen LogP contribution is 2.56. The molecule has 3 atom stereocenters. The molecule has 3 heterocycles. The molecule has 1 aromatic heterocycles. The summed E-state index contributed by atoms with van der Waals surface area (Å²) < 4.78 is 19.0. The Morgan fingerprint density at radius 1 is 1.23 bits per heavy atom. The summed E-state index contributed by atoms with van der Waals surface area (Å²) in [6.07, 6.45) is 1.44. The molecule has 0 bridgehead atoms. The van der Waals surface area contributed by atoms with E-state index in [1.165, 1.54) is 18.4 Å². The van der Waals surface area contributed by atoms with Gasteiger partial charge in [-0.2, -0.15) is 0 Å². The van der Waals surface area contributed by atoms with Gasteiger partial charge in [0.05, 0.1) is 12.2 Å². The number of likely N-dealkylation sites (N-methyl/N-ethyl adjacent to an activating group) is 1. The maximum Gasteiger partial charge on any atom is 0.250 e. The molecule has 1 N–H and O–H groups in total. The number of nitrogens with one attached hydrogen (secondary N) is 1. The fraction of sp³-hybridized carbons (Fsp3) is 0.217. The van der Waals surface area contributed by atoms with Gasteiger partial charge in [-0.3, -0.25) is 14.5 Å². The van der Waals surface area contributed by atoms with Crippen LogP contribution in [0.1, 0.15) is 27.6 Å². The van der Waals surface area contributed by atoms with Gasteiger partial charge in [0, 0.05) is 28.7 Å². The highest BCUT2D eigenvalue weighted by molar-refractivity contribution is 6.31. The van der Waals surface area contributed by atoms with Crippen LogP contribution in [-0.2, 0) is 10.3 Å². The maximum atomic E-state index is 13.7. The predicted molar refractivity (Wildman–Crippen MR) is 110 cm³/mol. The number of halogens is 2. The van der Waals surface area contributed by atoms with E-state index in [0.29, 0.717) is 22.8 Å². The van der Waals surface area contributed by atoms with Crippen molar-refractivity contribution >= 4 is 29.0 Å². The Morgan fingerprint density at radius 3 is 2.70 bits per heavy atom. The van der Waals surface area contributed by atoms with Gasteiger partial charge in [0.2, 0.25) is 11.7 Å². The van der Waals surface area contributed by atoms with E-state index in [0.717, 1.165) is 5.56 Å². The summed E-state index contributed by atoms with van der Waals surface area (Å²) >= 11 is 6.28. The minimum atomic E-state index is -1.25. The Hall–Kier alpha value is -2.96. The van der Waals surface area contributed by atoms with Gasteiger partial charge in [-0.1, -0.05) is 23.7 Å². The van der Waals surface area contributed by atoms with Crippen LogP contribution in [-0.4, -0.2) is 30.2 Å². The molecule has 0 saturated carbocycles. The Labute approximate surface area is 177 Å². The normalized spacial score (nSPS) is 25.5. The minimum Gasteiger partial charge on any atom is -0.461 e. The van der Waals surface area contributed by atoms with Crippen LogP contribution < -0.4 is 5.32 Å². The number of benzene rings is 2. The molecule has 2 aliphatic rings. The first kappa shape index (κ1) is 19.0. The molecule has 30 heavy (non-hydrogen) atoms. The third-order valence-corrected chi connectivity index (χ3v) is 6.49. The number of anilines is 1. The van der Waals surface area contributed by atoms with Crippen LogP contribution in [0.25, 0.3) is 0 Å². The number of hydrogen-bond donors (Lipinski definition) is 1. The lowest BCUT2D eigenvalue weighted by atomic mass is 9.71. The number of fused-ring (bicyclic) bond motifs is 2. The van der Waals surface area contributed by atoms with E-state index in [-0.39, 0.29) is 29.2 Å². The Bertz CT molecular complexity index is 1150. The molecule has 3 aromatic rings. The number of ketones is 1. The Balaban J connectivity index is 1.74. The molecule has 0 radical (unpaired) electrons. The zero-order valence-corrected chi connectivity index (χ0v) is 16.8. The van der Waals surface area contributed by atoms with Crippen molar-refractivity contribution in [2.45, 2.75) is 11.5 Å². The van der Waals surface area contributed by atoms with Gasteiger partial charge in [-0.15, -0.1) is 0 Å². The van der Waals surface area contributed by atoms with Crippen LogP contribution in [0.4, 0.5) is 10.1 Å². The molecule has 0 aliphatic carbocycles. The van der Waals surface area contributed by atoms with Crippen LogP contribution in [0, 0.1) is 11.7 Å². The zero-order chi connectivity index (χ0) is 21.0. The van der Waals surface area contributed by atoms with Crippen molar-refractivity contribution in [3.8, 4) is 0 Å². The van der Waals surface area contributed by atoms with Crippen LogP contribution >= 0.6 is 11.6 Å². The first-order chi connectivity index (χ1) is 14.4. The number of carbonyl (C=O) groups is 2. The van der Waals surface area contributed by atoms with Gasteiger partial charge in [0.25, 0.3) is 0 Å². The molecule has 1 fully saturated rings. The smallest absolute Gasteiger partial charge is 0.250 e. The molecule has 1 saturated heterocycles. The van der Waals surface area contributed by atoms with Crippen LogP contribution in [0.2, 0.25) is 5.02 Å². The standard InChI is InChI=1S/C23H18ClFN2O3/c1-27-12-16(13-4-7-15(25)8-5-13)20(21(28)19-3-2-10-30-19)23(27)17-11-14(24)6-9-18(17)26-22(23)29/h2-11,16,20H,12H2,1H3,(H,26,29)/t16-,20?,23-/m1/s1. The number of carbonyl (C=O) groups excluding carboxylic acids is 2. The molecule has 1 spiro atoms. The monoisotopic (exact) mass is 424 g/mol. The summed E-state index contributed by atoms with van der Waals surface area (Å²) in [5.74, 6) is -1.85. The summed E-state index contributed by atoms with van der Waals surface area (Å²) in [5, 5.41) is 3.40. The van der Waals surface area contributed by atoms with Crippen molar-refractivity contribution in [3.63, 3.8) is 0 Å². The van der Waals surface area contributed by atoms with Crippen molar-refractivity contribution in [2.24, 2.45) is 5.92 Å². The lowest BCUT2D eigenvalue weighted by Gasteiger charge is -2.35. The third kappa shape index (κ3) is 2.57. The molecule has 1 unspecified atom stereocenters. The maximum absolute atomic E-state index is 13.7. The summed E-state index contributed by atoms with van der Waals surface area (Å²) in [7, 11) is 1.82. The quantitative estimate of drug-likeness (QED) is 0.631. The molecule has 5 rings (SSSR count). The first-order valence-electron chi connectivity index (χ1n) is 9.59. The van der Waals surface area contributed by atoms with E-state index in [9.17, 15) is 14.0 Å². The van der Waals surface area contributed by atoms with Crippen molar-refractivity contribution in [3.05, 3.63) is 88.6 Å². The van der Waals surface area contributed by atoms with Crippen LogP contribution in [0.5, 0.6) is 0 Å². The predicted octanol–water partition coefficient (Wildman–Crippen LogP) is 4.45. The second-order valence-corrected chi connectivity index (χ2v) is 8.20. The summed E-state index contributed by atoms with van der Waals surface area (Å²) in [6, 6.07) is 14.5. The topological polar surface area (TPSA) is 62.6 Å². The van der Waals surface area contributed by atoms with Gasteiger partial charge in [0.15, 0.2) is 5.76 Å². The molecular formula is C23H18ClFN2O3. The summed E-state index contributed by atoms with van der Waals surface area (Å²) in [4.78, 5) is 29.0. The molecular weight excluding hydrogens is 407 g/mol. The van der Waals surface area contributed by atoms with Crippen LogP contribution in [0.3, 0.4) is 0 Å². The average molecular weight is 425 g/mol. The van der Waals surface area contributed by atoms with Gasteiger partial charge in [-0.25, -0.2) is 4.39 Å². The first-order valence-corrected chi connectivity index (χ1v) is 9.96. The van der Waals surface area contributed by atoms with Crippen molar-refractivity contribution < 1.29 is 18.4 Å². The van der Waals surface area contributed by atoms with E-state index >= 15 is 0 Å². The van der Waals surface area contributed by atoms with E-state index in [2.05, 4.69) is 5.32 Å². The third-order valence-electron chi connectivity index (χ3n) is 6.26. The number of Topliss-reactive ketones (excluding diaryl/α,β-unsaturated/α-hetero) is 1. The number of hydrogen-bond acceptors (Lipinski definition) is 4. The highest BCUT2D eigenvalue weighted by atomic mass is 35.5. The number of rotatable bonds is 3. The Kier molecular flexibility index (Phi) is 4.31. The number of nitrogens with zero attached hydrogens (tertiary/aromatic N) is 1. The van der Waals surface area contributed by atoms with Gasteiger partial charge in [-0.05, 0) is 55.1 Å². The number of furan rings is 1. The molecule has 5 nitrogen and oxygen atoms in total. The van der Waals surface area contributed by atoms with E-state index in [4.69, 9.17) is 16.0 Å². The molecule has 152 valence electrons. The summed E-state index contributed by atoms with van der Waals surface area (Å²) in [5.41, 5.74) is 0.835. The second-order valence-electron chi connectivity index (χ2n) is 7.77. The zero-order valence-electron chi connectivity index (χ0n) is 16.1. The molecule has 2 aromatic carbocycles. The highest BCUT2D eigenvalue weighted by Gasteiger charge is 2.64. The van der Waals surface area contributed by atoms with Crippen molar-refractivity contribution in [1.29, 1.82) is 0 Å². The Morgan fingerprint density at radius 2 is 2.00 bits per heavy atom. The van der Waals surface area contributed by atoms with E-state index in [1.54, 1.807) is 42.5 Å². The van der Waals surface area contributed by atoms with E-state index < -0.39 is 11.5 Å². The van der Waals surface area contributed by atoms with Gasteiger partial charge in [0.1, 0.15) is 11.4 Å². The minimum absolute atomic E-state index is 0.185. The summed E-state index contributed by atoms with van der Waals surface area (Å²) in [6.45, 7) is 0.433. The molecule has 1 amide bonds. The number of amides is 1. The van der Waals surface area contributed by atoms with Gasteiger partial charge >= 0.3 is 0 Å². The largest absolute Gasteiger partial charge is 0.461 e. The fourth-order valence-corrected chi connectivity index (χ4v) is 5.17. The second kappa shape index (κ2) is 6.79. The van der Waals surface area contributed by atoms with Crippen molar-refractivity contribution in [1.82, 2.24) is 4.90 Å². The fourth-order valence-electron chi connectivity index (χ4n) is 4.99. The SMILES string of the molecule is CN1C[C@H](c2ccc(F)cc2)C(C(=O)c2ccco2)[C@]12C(=O)Nc1ccc(Cl)cc12. The van der Waals surface area contributed by atoms with Crippen LogP contribution in [0.15, 0.2) is 65.3 Å². The lowest BCUT2D eigenvalue weighted by Crippen LogP contribution is -2.51. The average Bonchev–Trinajstić information content (AvgIpc) is 3.42. The lowest BCUT2D eigenvalue weighted by molar-refractivity contribution is -0.126. The molecule has 2 aliphatic heterocycles. The van der Waals surface area contributed by atoms with Crippen molar-refractivity contribution in [2.75, 3.05) is 18.9 Å². The van der Waals surface area contributed by atoms with Gasteiger partial charge < -0.3 is 9.73 Å². The molecule has 7 heteroatoms. The number of likely N-dealkylation sites (tertiary alicyclic amines) is 1. The van der Waals surface area contributed by atoms with E-state index in [1.807, 2.05) is 11.9 Å².